The van der Waals surface area contributed by atoms with Gasteiger partial charge in [-0.25, -0.2) is 4.98 Å². The third kappa shape index (κ3) is 2.65. The van der Waals surface area contributed by atoms with Crippen molar-refractivity contribution < 1.29 is 0 Å². The smallest absolute Gasteiger partial charge is 0.258 e. The second-order valence-electron chi connectivity index (χ2n) is 5.40. The molecule has 2 atom stereocenters. The minimum atomic E-state index is 0.412. The summed E-state index contributed by atoms with van der Waals surface area (Å²) in [5.74, 6) is 2.34. The molecule has 1 saturated heterocycles. The molecule has 0 aliphatic carbocycles. The summed E-state index contributed by atoms with van der Waals surface area (Å²) in [4.78, 5) is 19.6. The van der Waals surface area contributed by atoms with Crippen molar-refractivity contribution in [3.8, 4) is 5.95 Å². The van der Waals surface area contributed by atoms with Gasteiger partial charge < -0.3 is 10.2 Å². The number of aromatic nitrogens is 6. The molecule has 0 bridgehead atoms. The van der Waals surface area contributed by atoms with E-state index in [4.69, 9.17) is 0 Å². The second kappa shape index (κ2) is 5.63. The summed E-state index contributed by atoms with van der Waals surface area (Å²) < 4.78 is 1.55. The maximum atomic E-state index is 4.56. The van der Waals surface area contributed by atoms with Gasteiger partial charge in [0.25, 0.3) is 5.95 Å². The molecule has 0 saturated carbocycles. The molecule has 3 heterocycles. The Morgan fingerprint density at radius 1 is 1.19 bits per heavy atom. The van der Waals surface area contributed by atoms with Gasteiger partial charge in [0.2, 0.25) is 11.9 Å². The molecule has 8 nitrogen and oxygen atoms in total. The van der Waals surface area contributed by atoms with Crippen molar-refractivity contribution in [2.45, 2.75) is 32.7 Å². The first-order chi connectivity index (χ1) is 10.2. The average molecular weight is 288 g/mol. The highest BCUT2D eigenvalue weighted by Gasteiger charge is 2.27. The summed E-state index contributed by atoms with van der Waals surface area (Å²) in [6, 6.07) is 0.412. The molecule has 3 rings (SSSR count). The van der Waals surface area contributed by atoms with Gasteiger partial charge in [0.15, 0.2) is 0 Å². The molecule has 0 aromatic carbocycles. The number of hydrogen-bond donors (Lipinski definition) is 1. The number of anilines is 2. The molecule has 1 N–H and O–H groups in total. The molecule has 2 unspecified atom stereocenters. The Balaban J connectivity index is 1.99. The van der Waals surface area contributed by atoms with E-state index in [1.807, 2.05) is 0 Å². The molecule has 1 aliphatic rings. The maximum Gasteiger partial charge on any atom is 0.258 e. The van der Waals surface area contributed by atoms with Crippen LogP contribution in [0, 0.1) is 5.92 Å². The number of rotatable bonds is 3. The predicted octanol–water partition coefficient (Wildman–Crippen LogP) is 1.12. The number of hydrogen-bond acceptors (Lipinski definition) is 7. The molecule has 21 heavy (non-hydrogen) atoms. The Morgan fingerprint density at radius 3 is 2.71 bits per heavy atom. The van der Waals surface area contributed by atoms with E-state index in [1.54, 1.807) is 18.1 Å². The topological polar surface area (TPSA) is 84.7 Å². The summed E-state index contributed by atoms with van der Waals surface area (Å²) in [5, 5.41) is 7.07. The van der Waals surface area contributed by atoms with Gasteiger partial charge in [-0.2, -0.15) is 24.7 Å². The van der Waals surface area contributed by atoms with Crippen LogP contribution in [0.4, 0.5) is 11.9 Å². The van der Waals surface area contributed by atoms with Crippen LogP contribution in [0.1, 0.15) is 26.7 Å². The monoisotopic (exact) mass is 288 g/mol. The summed E-state index contributed by atoms with van der Waals surface area (Å²) >= 11 is 0. The van der Waals surface area contributed by atoms with E-state index >= 15 is 0 Å². The Labute approximate surface area is 123 Å². The molecule has 2 aromatic heterocycles. The lowest BCUT2D eigenvalue weighted by molar-refractivity contribution is 0.359. The van der Waals surface area contributed by atoms with Crippen LogP contribution in [-0.2, 0) is 0 Å². The number of piperidine rings is 1. The van der Waals surface area contributed by atoms with E-state index in [0.717, 1.165) is 13.0 Å². The van der Waals surface area contributed by atoms with Crippen LogP contribution in [0.3, 0.4) is 0 Å². The summed E-state index contributed by atoms with van der Waals surface area (Å²) in [6.45, 7) is 5.46. The van der Waals surface area contributed by atoms with E-state index in [-0.39, 0.29) is 0 Å². The minimum Gasteiger partial charge on any atom is -0.357 e. The fourth-order valence-corrected chi connectivity index (χ4v) is 2.63. The molecule has 1 fully saturated rings. The molecule has 0 spiro atoms. The van der Waals surface area contributed by atoms with Gasteiger partial charge in [0.05, 0.1) is 0 Å². The highest BCUT2D eigenvalue weighted by molar-refractivity contribution is 5.41. The minimum absolute atomic E-state index is 0.412. The zero-order valence-electron chi connectivity index (χ0n) is 12.6. The van der Waals surface area contributed by atoms with Crippen LogP contribution in [0.15, 0.2) is 12.7 Å². The fourth-order valence-electron chi connectivity index (χ4n) is 2.63. The van der Waals surface area contributed by atoms with Crippen molar-refractivity contribution in [2.24, 2.45) is 5.92 Å². The Morgan fingerprint density at radius 2 is 2.00 bits per heavy atom. The van der Waals surface area contributed by atoms with Gasteiger partial charge in [-0.3, -0.25) is 0 Å². The van der Waals surface area contributed by atoms with Crippen molar-refractivity contribution >= 4 is 11.9 Å². The molecule has 1 aliphatic heterocycles. The highest BCUT2D eigenvalue weighted by Crippen LogP contribution is 2.26. The van der Waals surface area contributed by atoms with Crippen LogP contribution in [0.2, 0.25) is 0 Å². The third-order valence-electron chi connectivity index (χ3n) is 4.09. The molecular weight excluding hydrogens is 268 g/mol. The van der Waals surface area contributed by atoms with Gasteiger partial charge in [-0.1, -0.05) is 6.92 Å². The maximum absolute atomic E-state index is 4.56. The number of nitrogens with zero attached hydrogens (tertiary/aromatic N) is 7. The van der Waals surface area contributed by atoms with E-state index in [9.17, 15) is 0 Å². The van der Waals surface area contributed by atoms with Gasteiger partial charge in [0, 0.05) is 19.6 Å². The first-order valence-electron chi connectivity index (χ1n) is 7.24. The van der Waals surface area contributed by atoms with Crippen molar-refractivity contribution in [3.05, 3.63) is 12.7 Å². The standard InChI is InChI=1S/C13H20N8/c1-9-5-4-6-20(10(9)2)12-17-11(14-3)18-13(19-12)21-8-15-7-16-21/h7-10H,4-6H2,1-3H3,(H,14,17,18,19). The van der Waals surface area contributed by atoms with Crippen molar-refractivity contribution in [2.75, 3.05) is 23.8 Å². The van der Waals surface area contributed by atoms with Crippen molar-refractivity contribution in [1.82, 2.24) is 29.7 Å². The molecule has 0 amide bonds. The first-order valence-corrected chi connectivity index (χ1v) is 7.24. The highest BCUT2D eigenvalue weighted by atomic mass is 15.4. The van der Waals surface area contributed by atoms with E-state index in [1.165, 1.54) is 12.7 Å². The summed E-state index contributed by atoms with van der Waals surface area (Å²) in [5.41, 5.74) is 0. The van der Waals surface area contributed by atoms with Crippen LogP contribution < -0.4 is 10.2 Å². The third-order valence-corrected chi connectivity index (χ3v) is 4.09. The van der Waals surface area contributed by atoms with Gasteiger partial charge in [0.1, 0.15) is 12.7 Å². The summed E-state index contributed by atoms with van der Waals surface area (Å²) in [6.07, 6.45) is 5.46. The lowest BCUT2D eigenvalue weighted by atomic mass is 9.92. The Hall–Kier alpha value is -2.25. The second-order valence-corrected chi connectivity index (χ2v) is 5.40. The first kappa shape index (κ1) is 13.7. The van der Waals surface area contributed by atoms with Crippen LogP contribution in [-0.4, -0.2) is 49.4 Å². The quantitative estimate of drug-likeness (QED) is 0.905. The van der Waals surface area contributed by atoms with Gasteiger partial charge in [-0.05, 0) is 25.7 Å². The molecule has 112 valence electrons. The van der Waals surface area contributed by atoms with E-state index in [0.29, 0.717) is 29.8 Å². The Bertz CT molecular complexity index is 596. The molecular formula is C13H20N8. The summed E-state index contributed by atoms with van der Waals surface area (Å²) in [7, 11) is 1.80. The largest absolute Gasteiger partial charge is 0.357 e. The lowest BCUT2D eigenvalue weighted by Gasteiger charge is -2.37. The fraction of sp³-hybridized carbons (Fsp3) is 0.615. The zero-order valence-corrected chi connectivity index (χ0v) is 12.6. The van der Waals surface area contributed by atoms with E-state index in [2.05, 4.69) is 49.1 Å². The Kier molecular flexibility index (Phi) is 3.68. The molecule has 0 radical (unpaired) electrons. The van der Waals surface area contributed by atoms with Crippen LogP contribution >= 0.6 is 0 Å². The van der Waals surface area contributed by atoms with Gasteiger partial charge >= 0.3 is 0 Å². The van der Waals surface area contributed by atoms with Crippen LogP contribution in [0.5, 0.6) is 0 Å². The van der Waals surface area contributed by atoms with Crippen molar-refractivity contribution in [1.29, 1.82) is 0 Å². The SMILES string of the molecule is CNc1nc(N2CCCC(C)C2C)nc(-n2cncn2)n1. The van der Waals surface area contributed by atoms with Gasteiger partial charge in [-0.15, -0.1) is 0 Å². The van der Waals surface area contributed by atoms with Crippen molar-refractivity contribution in [3.63, 3.8) is 0 Å². The molecule has 8 heteroatoms. The number of nitrogens with one attached hydrogen (secondary N) is 1. The van der Waals surface area contributed by atoms with E-state index < -0.39 is 0 Å². The predicted molar refractivity (Wildman–Crippen MR) is 79.5 cm³/mol. The molecule has 2 aromatic rings. The zero-order chi connectivity index (χ0) is 14.8. The average Bonchev–Trinajstić information content (AvgIpc) is 3.04. The normalized spacial score (nSPS) is 22.3. The lowest BCUT2D eigenvalue weighted by Crippen LogP contribution is -2.43. The van der Waals surface area contributed by atoms with Crippen LogP contribution in [0.25, 0.3) is 5.95 Å².